The van der Waals surface area contributed by atoms with Crippen LogP contribution in [0.4, 0.5) is 0 Å². The molecule has 0 spiro atoms. The quantitative estimate of drug-likeness (QED) is 0.758. The van der Waals surface area contributed by atoms with E-state index in [1.54, 1.807) is 0 Å². The lowest BCUT2D eigenvalue weighted by Gasteiger charge is -2.05. The van der Waals surface area contributed by atoms with Crippen molar-refractivity contribution in [2.24, 2.45) is 5.73 Å². The van der Waals surface area contributed by atoms with Gasteiger partial charge in [0, 0.05) is 6.42 Å². The van der Waals surface area contributed by atoms with Gasteiger partial charge < -0.3 is 10.2 Å². The molecule has 0 unspecified atom stereocenters. The van der Waals surface area contributed by atoms with Gasteiger partial charge in [-0.2, -0.15) is 0 Å². The molecule has 0 saturated heterocycles. The Morgan fingerprint density at radius 2 is 2.08 bits per heavy atom. The summed E-state index contributed by atoms with van der Waals surface area (Å²) in [6, 6.07) is 4.12. The Labute approximate surface area is 80.1 Å². The van der Waals surface area contributed by atoms with Crippen LogP contribution in [0.15, 0.2) is 16.5 Å². The Hall–Kier alpha value is -0.760. The van der Waals surface area contributed by atoms with Crippen LogP contribution >= 0.6 is 0 Å². The van der Waals surface area contributed by atoms with E-state index in [9.17, 15) is 0 Å². The first-order valence-corrected chi connectivity index (χ1v) is 5.12. The fraction of sp³-hybridized carbons (Fsp3) is 0.636. The minimum Gasteiger partial charge on any atom is -0.464 e. The molecule has 1 heterocycles. The van der Waals surface area contributed by atoms with Crippen LogP contribution in [-0.2, 0) is 6.42 Å². The maximum atomic E-state index is 5.92. The fourth-order valence-electron chi connectivity index (χ4n) is 1.43. The van der Waals surface area contributed by atoms with E-state index in [-0.39, 0.29) is 6.04 Å². The van der Waals surface area contributed by atoms with E-state index in [4.69, 9.17) is 10.2 Å². The van der Waals surface area contributed by atoms with Gasteiger partial charge in [-0.3, -0.25) is 0 Å². The van der Waals surface area contributed by atoms with Crippen molar-refractivity contribution >= 4 is 0 Å². The zero-order chi connectivity index (χ0) is 9.68. The van der Waals surface area contributed by atoms with Gasteiger partial charge in [0.25, 0.3) is 0 Å². The largest absolute Gasteiger partial charge is 0.464 e. The van der Waals surface area contributed by atoms with E-state index in [0.717, 1.165) is 37.2 Å². The molecule has 1 aromatic rings. The zero-order valence-corrected chi connectivity index (χ0v) is 8.55. The zero-order valence-electron chi connectivity index (χ0n) is 8.55. The van der Waals surface area contributed by atoms with Gasteiger partial charge in [0.05, 0.1) is 6.04 Å². The molecule has 0 aromatic carbocycles. The van der Waals surface area contributed by atoms with Crippen molar-refractivity contribution in [3.8, 4) is 0 Å². The first-order valence-electron chi connectivity index (χ1n) is 5.12. The van der Waals surface area contributed by atoms with Crippen molar-refractivity contribution in [2.75, 3.05) is 0 Å². The second-order valence-electron chi connectivity index (χ2n) is 3.45. The smallest absolute Gasteiger partial charge is 0.120 e. The van der Waals surface area contributed by atoms with E-state index in [1.807, 2.05) is 12.1 Å². The SMILES string of the molecule is CCCc1ccc([C@H](N)CCC)o1. The van der Waals surface area contributed by atoms with E-state index in [1.165, 1.54) is 0 Å². The minimum absolute atomic E-state index is 0.0793. The molecule has 0 aliphatic heterocycles. The molecule has 0 aliphatic carbocycles. The van der Waals surface area contributed by atoms with Gasteiger partial charge in [-0.1, -0.05) is 20.3 Å². The molecule has 2 N–H and O–H groups in total. The Bertz CT molecular complexity index is 242. The average molecular weight is 181 g/mol. The maximum absolute atomic E-state index is 5.92. The highest BCUT2D eigenvalue weighted by Crippen LogP contribution is 2.19. The molecule has 0 saturated carbocycles. The summed E-state index contributed by atoms with van der Waals surface area (Å²) in [5.41, 5.74) is 5.92. The summed E-state index contributed by atoms with van der Waals surface area (Å²) in [5.74, 6) is 1.99. The predicted molar refractivity (Wildman–Crippen MR) is 54.5 cm³/mol. The van der Waals surface area contributed by atoms with Gasteiger partial charge in [-0.05, 0) is 25.0 Å². The van der Waals surface area contributed by atoms with Crippen LogP contribution in [0, 0.1) is 0 Å². The third-order valence-electron chi connectivity index (χ3n) is 2.14. The first kappa shape index (κ1) is 10.3. The van der Waals surface area contributed by atoms with Crippen molar-refractivity contribution in [2.45, 2.75) is 45.6 Å². The molecule has 0 bridgehead atoms. The Morgan fingerprint density at radius 1 is 1.31 bits per heavy atom. The normalized spacial score (nSPS) is 13.2. The Kier molecular flexibility index (Phi) is 4.03. The molecule has 1 atom stereocenters. The highest BCUT2D eigenvalue weighted by molar-refractivity contribution is 5.10. The third-order valence-corrected chi connectivity index (χ3v) is 2.14. The highest BCUT2D eigenvalue weighted by atomic mass is 16.3. The first-order chi connectivity index (χ1) is 6.27. The second kappa shape index (κ2) is 5.07. The molecular weight excluding hydrogens is 162 g/mol. The number of aryl methyl sites for hydroxylation is 1. The lowest BCUT2D eigenvalue weighted by Crippen LogP contribution is -2.08. The number of hydrogen-bond donors (Lipinski definition) is 1. The van der Waals surface area contributed by atoms with Crippen LogP contribution in [-0.4, -0.2) is 0 Å². The van der Waals surface area contributed by atoms with Crippen molar-refractivity contribution in [1.82, 2.24) is 0 Å². The molecule has 0 amide bonds. The predicted octanol–water partition coefficient (Wildman–Crippen LogP) is 3.03. The van der Waals surface area contributed by atoms with Gasteiger partial charge in [0.15, 0.2) is 0 Å². The fourth-order valence-corrected chi connectivity index (χ4v) is 1.43. The summed E-state index contributed by atoms with van der Waals surface area (Å²) >= 11 is 0. The van der Waals surface area contributed by atoms with Gasteiger partial charge in [-0.25, -0.2) is 0 Å². The number of furan rings is 1. The summed E-state index contributed by atoms with van der Waals surface area (Å²) in [4.78, 5) is 0. The van der Waals surface area contributed by atoms with Gasteiger partial charge >= 0.3 is 0 Å². The van der Waals surface area contributed by atoms with Crippen LogP contribution in [0.25, 0.3) is 0 Å². The average Bonchev–Trinajstić information content (AvgIpc) is 2.54. The molecule has 0 radical (unpaired) electrons. The summed E-state index contributed by atoms with van der Waals surface area (Å²) in [7, 11) is 0. The van der Waals surface area contributed by atoms with Crippen LogP contribution in [0.1, 0.15) is 50.7 Å². The van der Waals surface area contributed by atoms with Crippen LogP contribution in [0.2, 0.25) is 0 Å². The van der Waals surface area contributed by atoms with Crippen molar-refractivity contribution < 1.29 is 4.42 Å². The topological polar surface area (TPSA) is 39.2 Å². The summed E-state index contributed by atoms with van der Waals surface area (Å²) in [5, 5.41) is 0. The summed E-state index contributed by atoms with van der Waals surface area (Å²) in [6.45, 7) is 4.28. The van der Waals surface area contributed by atoms with Crippen molar-refractivity contribution in [3.63, 3.8) is 0 Å². The summed E-state index contributed by atoms with van der Waals surface area (Å²) in [6.07, 6.45) is 4.23. The van der Waals surface area contributed by atoms with Gasteiger partial charge in [-0.15, -0.1) is 0 Å². The Balaban J connectivity index is 2.56. The molecule has 1 rings (SSSR count). The van der Waals surface area contributed by atoms with Crippen molar-refractivity contribution in [3.05, 3.63) is 23.7 Å². The molecule has 74 valence electrons. The molecule has 13 heavy (non-hydrogen) atoms. The monoisotopic (exact) mass is 181 g/mol. The maximum Gasteiger partial charge on any atom is 0.120 e. The summed E-state index contributed by atoms with van der Waals surface area (Å²) < 4.78 is 5.61. The molecule has 0 fully saturated rings. The van der Waals surface area contributed by atoms with Crippen LogP contribution in [0.3, 0.4) is 0 Å². The lowest BCUT2D eigenvalue weighted by molar-refractivity contribution is 0.419. The lowest BCUT2D eigenvalue weighted by atomic mass is 10.1. The Morgan fingerprint density at radius 3 is 2.69 bits per heavy atom. The van der Waals surface area contributed by atoms with Gasteiger partial charge in [0.1, 0.15) is 11.5 Å². The molecule has 2 nitrogen and oxygen atoms in total. The van der Waals surface area contributed by atoms with Gasteiger partial charge in [0.2, 0.25) is 0 Å². The second-order valence-corrected chi connectivity index (χ2v) is 3.45. The number of rotatable bonds is 5. The van der Waals surface area contributed by atoms with Crippen LogP contribution < -0.4 is 5.73 Å². The van der Waals surface area contributed by atoms with Crippen molar-refractivity contribution in [1.29, 1.82) is 0 Å². The number of nitrogens with two attached hydrogens (primary N) is 1. The van der Waals surface area contributed by atoms with E-state index in [2.05, 4.69) is 13.8 Å². The minimum atomic E-state index is 0.0793. The molecule has 2 heteroatoms. The molecular formula is C11H19NO. The standard InChI is InChI=1S/C11H19NO/c1-3-5-9-7-8-11(13-9)10(12)6-4-2/h7-8,10H,3-6,12H2,1-2H3/t10-/m1/s1. The van der Waals surface area contributed by atoms with E-state index < -0.39 is 0 Å². The number of hydrogen-bond acceptors (Lipinski definition) is 2. The molecule has 0 aliphatic rings. The van der Waals surface area contributed by atoms with E-state index in [0.29, 0.717) is 0 Å². The molecule has 1 aromatic heterocycles. The third kappa shape index (κ3) is 2.88. The van der Waals surface area contributed by atoms with E-state index >= 15 is 0 Å². The van der Waals surface area contributed by atoms with Crippen LogP contribution in [0.5, 0.6) is 0 Å². The highest BCUT2D eigenvalue weighted by Gasteiger charge is 2.09.